The molecule has 1 atom stereocenters. The number of carbonyl (C=O) groups is 1. The molecule has 1 N–H and O–H groups in total. The number of benzene rings is 1. The molecule has 146 valence electrons. The molecule has 1 saturated heterocycles. The second kappa shape index (κ2) is 6.69. The van der Waals surface area contributed by atoms with Gasteiger partial charge in [-0.05, 0) is 17.5 Å². The summed E-state index contributed by atoms with van der Waals surface area (Å²) < 4.78 is 6.96. The molecule has 29 heavy (non-hydrogen) atoms. The highest BCUT2D eigenvalue weighted by atomic mass is 16.6. The fourth-order valence-corrected chi connectivity index (χ4v) is 3.54. The number of fused-ring (bicyclic) bond motifs is 1. The standard InChI is InChI=1S/C20H19N7O2/c1-12(2)16-10-29-20(28)27(16)17-7-8-26-19(24-17)15(9-23-26)13-3-5-14(6-4-13)18-21-11-22-25-18/h3-9,11-12,16H,10H2,1-2H3,(H,21,22,25)/t16-/m1/s1. The van der Waals surface area contributed by atoms with Gasteiger partial charge in [0.1, 0.15) is 18.8 Å². The van der Waals surface area contributed by atoms with E-state index in [4.69, 9.17) is 9.72 Å². The normalized spacial score (nSPS) is 16.7. The van der Waals surface area contributed by atoms with Gasteiger partial charge >= 0.3 is 6.09 Å². The number of amides is 1. The van der Waals surface area contributed by atoms with Gasteiger partial charge in [0.25, 0.3) is 0 Å². The molecule has 0 radical (unpaired) electrons. The SMILES string of the molecule is CC(C)[C@H]1COC(=O)N1c1ccn2ncc(-c3ccc(-c4ncn[nH]4)cc3)c2n1. The molecule has 9 nitrogen and oxygen atoms in total. The number of rotatable bonds is 4. The van der Waals surface area contributed by atoms with Crippen LogP contribution in [0.5, 0.6) is 0 Å². The highest BCUT2D eigenvalue weighted by Crippen LogP contribution is 2.29. The van der Waals surface area contributed by atoms with Crippen LogP contribution in [0.2, 0.25) is 0 Å². The molecule has 1 aliphatic rings. The van der Waals surface area contributed by atoms with Crippen molar-refractivity contribution in [3.05, 3.63) is 49.1 Å². The Morgan fingerprint density at radius 3 is 2.69 bits per heavy atom. The van der Waals surface area contributed by atoms with Gasteiger partial charge in [0, 0.05) is 17.3 Å². The van der Waals surface area contributed by atoms with Crippen LogP contribution in [-0.2, 0) is 4.74 Å². The first kappa shape index (κ1) is 17.4. The Morgan fingerprint density at radius 1 is 1.17 bits per heavy atom. The molecule has 3 aromatic heterocycles. The first-order valence-corrected chi connectivity index (χ1v) is 9.38. The van der Waals surface area contributed by atoms with E-state index >= 15 is 0 Å². The number of hydrogen-bond acceptors (Lipinski definition) is 6. The minimum Gasteiger partial charge on any atom is -0.447 e. The summed E-state index contributed by atoms with van der Waals surface area (Å²) >= 11 is 0. The van der Waals surface area contributed by atoms with Gasteiger partial charge in [-0.25, -0.2) is 19.3 Å². The summed E-state index contributed by atoms with van der Waals surface area (Å²) in [5.41, 5.74) is 3.47. The Kier molecular flexibility index (Phi) is 4.01. The van der Waals surface area contributed by atoms with Crippen molar-refractivity contribution < 1.29 is 9.53 Å². The number of hydrogen-bond donors (Lipinski definition) is 1. The number of aromatic nitrogens is 6. The first-order valence-electron chi connectivity index (χ1n) is 9.38. The maximum absolute atomic E-state index is 12.3. The highest BCUT2D eigenvalue weighted by Gasteiger charge is 2.37. The van der Waals surface area contributed by atoms with Gasteiger partial charge in [-0.3, -0.25) is 10.00 Å². The molecule has 1 fully saturated rings. The lowest BCUT2D eigenvalue weighted by atomic mass is 10.0. The van der Waals surface area contributed by atoms with Crippen LogP contribution in [0.3, 0.4) is 0 Å². The summed E-state index contributed by atoms with van der Waals surface area (Å²) in [6.07, 6.45) is 4.71. The predicted octanol–water partition coefficient (Wildman–Crippen LogP) is 3.16. The van der Waals surface area contributed by atoms with E-state index in [1.54, 1.807) is 21.7 Å². The van der Waals surface area contributed by atoms with Crippen LogP contribution in [0.15, 0.2) is 49.1 Å². The van der Waals surface area contributed by atoms with Crippen molar-refractivity contribution in [2.45, 2.75) is 19.9 Å². The number of nitrogens with zero attached hydrogens (tertiary/aromatic N) is 6. The van der Waals surface area contributed by atoms with Gasteiger partial charge in [-0.2, -0.15) is 10.2 Å². The quantitative estimate of drug-likeness (QED) is 0.575. The van der Waals surface area contributed by atoms with E-state index in [0.717, 1.165) is 16.7 Å². The van der Waals surface area contributed by atoms with Crippen molar-refractivity contribution in [1.82, 2.24) is 29.8 Å². The molecule has 0 unspecified atom stereocenters. The van der Waals surface area contributed by atoms with E-state index in [1.165, 1.54) is 6.33 Å². The van der Waals surface area contributed by atoms with Crippen LogP contribution in [0, 0.1) is 5.92 Å². The zero-order valence-electron chi connectivity index (χ0n) is 16.0. The second-order valence-electron chi connectivity index (χ2n) is 7.28. The van der Waals surface area contributed by atoms with E-state index in [2.05, 4.69) is 34.1 Å². The van der Waals surface area contributed by atoms with Gasteiger partial charge in [-0.15, -0.1) is 0 Å². The lowest BCUT2D eigenvalue weighted by molar-refractivity contribution is 0.177. The molecule has 5 rings (SSSR count). The Morgan fingerprint density at radius 2 is 1.97 bits per heavy atom. The molecule has 1 aromatic carbocycles. The van der Waals surface area contributed by atoms with Gasteiger partial charge in [-0.1, -0.05) is 38.1 Å². The van der Waals surface area contributed by atoms with Gasteiger partial charge in [0.15, 0.2) is 11.5 Å². The minimum absolute atomic E-state index is 0.0370. The van der Waals surface area contributed by atoms with Crippen molar-refractivity contribution >= 4 is 17.6 Å². The highest BCUT2D eigenvalue weighted by molar-refractivity contribution is 5.90. The molecular formula is C20H19N7O2. The molecule has 0 spiro atoms. The van der Waals surface area contributed by atoms with Gasteiger partial charge in [0.05, 0.1) is 12.2 Å². The van der Waals surface area contributed by atoms with Crippen LogP contribution >= 0.6 is 0 Å². The summed E-state index contributed by atoms with van der Waals surface area (Å²) in [5, 5.41) is 11.1. The van der Waals surface area contributed by atoms with Crippen molar-refractivity contribution in [3.8, 4) is 22.5 Å². The molecule has 1 amide bonds. The third-order valence-corrected chi connectivity index (χ3v) is 5.16. The van der Waals surface area contributed by atoms with Crippen molar-refractivity contribution in [1.29, 1.82) is 0 Å². The maximum Gasteiger partial charge on any atom is 0.415 e. The average Bonchev–Trinajstić information content (AvgIpc) is 3.47. The molecule has 9 heteroatoms. The fraction of sp³-hybridized carbons (Fsp3) is 0.250. The van der Waals surface area contributed by atoms with Crippen LogP contribution in [-0.4, -0.2) is 48.5 Å². The topological polar surface area (TPSA) is 101 Å². The van der Waals surface area contributed by atoms with E-state index in [-0.39, 0.29) is 18.1 Å². The molecule has 0 saturated carbocycles. The second-order valence-corrected chi connectivity index (χ2v) is 7.28. The zero-order chi connectivity index (χ0) is 20.0. The Hall–Kier alpha value is -3.75. The molecule has 4 aromatic rings. The van der Waals surface area contributed by atoms with Crippen LogP contribution < -0.4 is 4.90 Å². The summed E-state index contributed by atoms with van der Waals surface area (Å²) in [7, 11) is 0. The summed E-state index contributed by atoms with van der Waals surface area (Å²) in [6.45, 7) is 4.51. The van der Waals surface area contributed by atoms with Crippen LogP contribution in [0.4, 0.5) is 10.6 Å². The van der Waals surface area contributed by atoms with Crippen LogP contribution in [0.1, 0.15) is 13.8 Å². The summed E-state index contributed by atoms with van der Waals surface area (Å²) in [5.74, 6) is 1.54. The molecule has 0 bridgehead atoms. The van der Waals surface area contributed by atoms with E-state index in [0.29, 0.717) is 23.9 Å². The number of carbonyl (C=O) groups excluding carboxylic acids is 1. The van der Waals surface area contributed by atoms with Gasteiger partial charge in [0.2, 0.25) is 0 Å². The number of H-pyrrole nitrogens is 1. The largest absolute Gasteiger partial charge is 0.447 e. The van der Waals surface area contributed by atoms with Crippen molar-refractivity contribution in [3.63, 3.8) is 0 Å². The average molecular weight is 389 g/mol. The number of aromatic amines is 1. The van der Waals surface area contributed by atoms with Crippen LogP contribution in [0.25, 0.3) is 28.2 Å². The predicted molar refractivity (Wildman–Crippen MR) is 106 cm³/mol. The number of nitrogens with one attached hydrogen (secondary N) is 1. The number of cyclic esters (lactones) is 1. The van der Waals surface area contributed by atoms with E-state index in [1.807, 2.05) is 30.5 Å². The summed E-state index contributed by atoms with van der Waals surface area (Å²) in [6, 6.07) is 9.67. The maximum atomic E-state index is 12.3. The van der Waals surface area contributed by atoms with E-state index < -0.39 is 0 Å². The molecule has 1 aliphatic heterocycles. The minimum atomic E-state index is -0.363. The van der Waals surface area contributed by atoms with Crippen molar-refractivity contribution in [2.24, 2.45) is 5.92 Å². The molecule has 0 aliphatic carbocycles. The monoisotopic (exact) mass is 389 g/mol. The zero-order valence-corrected chi connectivity index (χ0v) is 16.0. The fourth-order valence-electron chi connectivity index (χ4n) is 3.54. The van der Waals surface area contributed by atoms with Gasteiger partial charge < -0.3 is 4.74 Å². The Balaban J connectivity index is 1.54. The lowest BCUT2D eigenvalue weighted by Gasteiger charge is -2.23. The number of anilines is 1. The van der Waals surface area contributed by atoms with E-state index in [9.17, 15) is 4.79 Å². The first-order chi connectivity index (χ1) is 14.1. The third kappa shape index (κ3) is 2.91. The van der Waals surface area contributed by atoms with Crippen molar-refractivity contribution in [2.75, 3.05) is 11.5 Å². The summed E-state index contributed by atoms with van der Waals surface area (Å²) in [4.78, 5) is 22.8. The molecular weight excluding hydrogens is 370 g/mol. The Labute approximate surface area is 166 Å². The lowest BCUT2D eigenvalue weighted by Crippen LogP contribution is -2.37. The number of ether oxygens (including phenoxy) is 1. The Bertz CT molecular complexity index is 1170. The molecule has 4 heterocycles. The third-order valence-electron chi connectivity index (χ3n) is 5.16. The smallest absolute Gasteiger partial charge is 0.415 e.